The van der Waals surface area contributed by atoms with Crippen molar-refractivity contribution in [1.29, 1.82) is 0 Å². The van der Waals surface area contributed by atoms with Gasteiger partial charge in [0.15, 0.2) is 0 Å². The molecule has 3 aromatic rings. The number of hydrogen-bond acceptors (Lipinski definition) is 2. The molecule has 2 saturated carbocycles. The number of imidazole rings is 1. The number of fused-ring (bicyclic) bond motifs is 1. The molecule has 0 aliphatic heterocycles. The average Bonchev–Trinajstić information content (AvgIpc) is 3.43. The Hall–Kier alpha value is -2.20. The van der Waals surface area contributed by atoms with Crippen LogP contribution in [0.5, 0.6) is 0 Å². The number of aryl methyl sites for hydroxylation is 1. The lowest BCUT2D eigenvalue weighted by molar-refractivity contribution is 0.0754. The van der Waals surface area contributed by atoms with Gasteiger partial charge >= 0.3 is 0 Å². The number of rotatable bonds is 4. The van der Waals surface area contributed by atoms with Crippen LogP contribution in [0.25, 0.3) is 5.52 Å². The molecule has 2 aliphatic carbocycles. The lowest BCUT2D eigenvalue weighted by atomic mass is 9.75. The van der Waals surface area contributed by atoms with Gasteiger partial charge in [0.1, 0.15) is 5.82 Å². The Morgan fingerprint density at radius 2 is 1.68 bits per heavy atom. The maximum atomic E-state index is 13.4. The Morgan fingerprint density at radius 1 is 1.00 bits per heavy atom. The highest BCUT2D eigenvalue weighted by atomic mass is 19.1. The molecule has 2 fully saturated rings. The summed E-state index contributed by atoms with van der Waals surface area (Å²) in [7, 11) is 0. The lowest BCUT2D eigenvalue weighted by Gasteiger charge is -2.33. The first kappa shape index (κ1) is 17.9. The predicted octanol–water partition coefficient (Wildman–Crippen LogP) is 5.67. The summed E-state index contributed by atoms with van der Waals surface area (Å²) >= 11 is 0. The SMILES string of the molecule is Cc1cc(F)ccc1C1CCC([C@@H](O)c2c(C3CC3)ccc3cncn23)CC1. The summed E-state index contributed by atoms with van der Waals surface area (Å²) in [6.45, 7) is 2.00. The highest BCUT2D eigenvalue weighted by molar-refractivity contribution is 5.50. The van der Waals surface area contributed by atoms with Gasteiger partial charge in [-0.3, -0.25) is 0 Å². The van der Waals surface area contributed by atoms with Gasteiger partial charge < -0.3 is 9.51 Å². The first-order valence-electron chi connectivity index (χ1n) is 10.5. The monoisotopic (exact) mass is 378 g/mol. The summed E-state index contributed by atoms with van der Waals surface area (Å²) in [5.41, 5.74) is 5.72. The van der Waals surface area contributed by atoms with Crippen molar-refractivity contribution in [3.05, 3.63) is 71.1 Å². The summed E-state index contributed by atoms with van der Waals surface area (Å²) in [6.07, 6.45) is 9.78. The van der Waals surface area contributed by atoms with Crippen molar-refractivity contribution in [3.8, 4) is 0 Å². The Morgan fingerprint density at radius 3 is 2.39 bits per heavy atom. The Bertz CT molecular complexity index is 999. The third-order valence-electron chi connectivity index (χ3n) is 6.84. The Labute approximate surface area is 165 Å². The van der Waals surface area contributed by atoms with E-state index in [1.807, 2.05) is 25.5 Å². The zero-order valence-electron chi connectivity index (χ0n) is 16.3. The smallest absolute Gasteiger partial charge is 0.123 e. The molecular formula is C24H27FN2O. The second-order valence-electron chi connectivity index (χ2n) is 8.69. The third-order valence-corrected chi connectivity index (χ3v) is 6.84. The number of benzene rings is 1. The number of nitrogens with zero attached hydrogens (tertiary/aromatic N) is 2. The first-order valence-corrected chi connectivity index (χ1v) is 10.5. The maximum absolute atomic E-state index is 13.4. The second-order valence-corrected chi connectivity index (χ2v) is 8.69. The predicted molar refractivity (Wildman–Crippen MR) is 108 cm³/mol. The first-order chi connectivity index (χ1) is 13.6. The topological polar surface area (TPSA) is 37.5 Å². The van der Waals surface area contributed by atoms with E-state index in [-0.39, 0.29) is 11.7 Å². The van der Waals surface area contributed by atoms with Crippen LogP contribution < -0.4 is 0 Å². The van der Waals surface area contributed by atoms with Gasteiger partial charge in [0, 0.05) is 0 Å². The molecule has 0 spiro atoms. The number of hydrogen-bond donors (Lipinski definition) is 1. The van der Waals surface area contributed by atoms with Crippen LogP contribution in [0.1, 0.15) is 78.8 Å². The number of aliphatic hydroxyl groups excluding tert-OH is 1. The molecule has 0 bridgehead atoms. The number of pyridine rings is 1. The van der Waals surface area contributed by atoms with Crippen molar-refractivity contribution < 1.29 is 9.50 Å². The molecular weight excluding hydrogens is 351 g/mol. The lowest BCUT2D eigenvalue weighted by Crippen LogP contribution is -2.22. The van der Waals surface area contributed by atoms with Crippen molar-refractivity contribution in [2.45, 2.75) is 63.4 Å². The molecule has 0 radical (unpaired) electrons. The van der Waals surface area contributed by atoms with Crippen LogP contribution in [0.2, 0.25) is 0 Å². The molecule has 28 heavy (non-hydrogen) atoms. The fourth-order valence-corrected chi connectivity index (χ4v) is 5.15. The molecule has 3 nitrogen and oxygen atoms in total. The van der Waals surface area contributed by atoms with Crippen LogP contribution in [0.4, 0.5) is 4.39 Å². The molecule has 0 amide bonds. The number of aliphatic hydroxyl groups is 1. The highest BCUT2D eigenvalue weighted by Gasteiger charge is 2.34. The van der Waals surface area contributed by atoms with Crippen LogP contribution in [-0.4, -0.2) is 14.5 Å². The molecule has 146 valence electrons. The average molecular weight is 378 g/mol. The molecule has 2 heterocycles. The van der Waals surface area contributed by atoms with Crippen molar-refractivity contribution in [1.82, 2.24) is 9.38 Å². The van der Waals surface area contributed by atoms with E-state index in [1.165, 1.54) is 24.0 Å². The molecule has 5 rings (SSSR count). The molecule has 1 atom stereocenters. The van der Waals surface area contributed by atoms with E-state index in [1.54, 1.807) is 12.1 Å². The van der Waals surface area contributed by atoms with Gasteiger partial charge in [-0.2, -0.15) is 0 Å². The zero-order valence-corrected chi connectivity index (χ0v) is 16.3. The van der Waals surface area contributed by atoms with Gasteiger partial charge in [0.25, 0.3) is 0 Å². The maximum Gasteiger partial charge on any atom is 0.123 e. The number of aromatic nitrogens is 2. The van der Waals surface area contributed by atoms with Crippen molar-refractivity contribution >= 4 is 5.52 Å². The van der Waals surface area contributed by atoms with Gasteiger partial charge in [-0.25, -0.2) is 9.37 Å². The number of halogens is 1. The van der Waals surface area contributed by atoms with Gasteiger partial charge in [0.2, 0.25) is 0 Å². The normalized spacial score (nSPS) is 23.8. The summed E-state index contributed by atoms with van der Waals surface area (Å²) in [5.74, 6) is 1.17. The van der Waals surface area contributed by atoms with E-state index in [0.29, 0.717) is 11.8 Å². The minimum atomic E-state index is -0.455. The van der Waals surface area contributed by atoms with Crippen molar-refractivity contribution in [3.63, 3.8) is 0 Å². The van der Waals surface area contributed by atoms with E-state index in [0.717, 1.165) is 42.5 Å². The van der Waals surface area contributed by atoms with Gasteiger partial charge in [0.05, 0.1) is 29.8 Å². The quantitative estimate of drug-likeness (QED) is 0.635. The third kappa shape index (κ3) is 3.14. The molecule has 2 aliphatic rings. The van der Waals surface area contributed by atoms with Gasteiger partial charge in [-0.15, -0.1) is 0 Å². The fraction of sp³-hybridized carbons (Fsp3) is 0.458. The molecule has 0 saturated heterocycles. The van der Waals surface area contributed by atoms with Crippen LogP contribution in [0.3, 0.4) is 0 Å². The van der Waals surface area contributed by atoms with E-state index >= 15 is 0 Å². The summed E-state index contributed by atoms with van der Waals surface area (Å²) < 4.78 is 15.5. The van der Waals surface area contributed by atoms with Crippen LogP contribution in [-0.2, 0) is 0 Å². The molecule has 4 heteroatoms. The molecule has 1 N–H and O–H groups in total. The Kier molecular flexibility index (Phi) is 4.47. The fourth-order valence-electron chi connectivity index (χ4n) is 5.15. The Balaban J connectivity index is 1.38. The van der Waals surface area contributed by atoms with Crippen LogP contribution in [0, 0.1) is 18.7 Å². The molecule has 0 unspecified atom stereocenters. The minimum absolute atomic E-state index is 0.161. The van der Waals surface area contributed by atoms with Gasteiger partial charge in [-0.1, -0.05) is 12.1 Å². The molecule has 1 aromatic carbocycles. The largest absolute Gasteiger partial charge is 0.387 e. The minimum Gasteiger partial charge on any atom is -0.387 e. The highest BCUT2D eigenvalue weighted by Crippen LogP contribution is 2.47. The van der Waals surface area contributed by atoms with Crippen LogP contribution in [0.15, 0.2) is 42.9 Å². The van der Waals surface area contributed by atoms with E-state index in [2.05, 4.69) is 21.5 Å². The van der Waals surface area contributed by atoms with E-state index in [9.17, 15) is 9.50 Å². The summed E-state index contributed by atoms with van der Waals surface area (Å²) in [6, 6.07) is 9.47. The molecule has 2 aromatic heterocycles. The van der Waals surface area contributed by atoms with E-state index < -0.39 is 6.10 Å². The standard InChI is InChI=1S/C24H27FN2O/c1-15-12-19(25)8-10-21(15)16-4-6-18(7-5-16)24(28)23-22(17-2-3-17)11-9-20-13-26-14-27(20)23/h8-14,16-18,24,28H,2-7H2,1H3/t16?,18?,24-/m1/s1. The second kappa shape index (κ2) is 7.00. The summed E-state index contributed by atoms with van der Waals surface area (Å²) in [4.78, 5) is 4.30. The van der Waals surface area contributed by atoms with Crippen molar-refractivity contribution in [2.24, 2.45) is 5.92 Å². The van der Waals surface area contributed by atoms with Crippen LogP contribution >= 0.6 is 0 Å². The summed E-state index contributed by atoms with van der Waals surface area (Å²) in [5, 5.41) is 11.4. The van der Waals surface area contributed by atoms with Crippen molar-refractivity contribution in [2.75, 3.05) is 0 Å². The zero-order chi connectivity index (χ0) is 19.3. The van der Waals surface area contributed by atoms with Gasteiger partial charge in [-0.05, 0) is 98.1 Å². The van der Waals surface area contributed by atoms with E-state index in [4.69, 9.17) is 0 Å².